The van der Waals surface area contributed by atoms with E-state index in [2.05, 4.69) is 21.2 Å². The van der Waals surface area contributed by atoms with E-state index in [1.165, 1.54) is 12.3 Å². The number of thioether (sulfide) groups is 1. The number of halogens is 1. The van der Waals surface area contributed by atoms with E-state index in [1.807, 2.05) is 0 Å². The van der Waals surface area contributed by atoms with Crippen molar-refractivity contribution in [3.63, 3.8) is 0 Å². The number of aromatic nitrogens is 1. The van der Waals surface area contributed by atoms with Gasteiger partial charge in [0.2, 0.25) is 12.7 Å². The lowest BCUT2D eigenvalue weighted by molar-refractivity contribution is -0.113. The number of amides is 3. The van der Waals surface area contributed by atoms with E-state index in [-0.39, 0.29) is 34.6 Å². The Labute approximate surface area is 197 Å². The van der Waals surface area contributed by atoms with Gasteiger partial charge in [-0.15, -0.1) is 0 Å². The zero-order chi connectivity index (χ0) is 23.2. The molecular formula is C22H17ClN4O5S. The van der Waals surface area contributed by atoms with E-state index in [9.17, 15) is 14.4 Å². The summed E-state index contributed by atoms with van der Waals surface area (Å²) < 4.78 is 10.5. The van der Waals surface area contributed by atoms with Gasteiger partial charge < -0.3 is 14.8 Å². The molecule has 0 spiro atoms. The lowest BCUT2D eigenvalue weighted by atomic mass is 10.2. The number of pyridine rings is 1. The normalized spacial score (nSPS) is 11.5. The smallest absolute Gasteiger partial charge is 0.272 e. The first-order chi connectivity index (χ1) is 16.0. The predicted octanol–water partition coefficient (Wildman–Crippen LogP) is 3.27. The molecule has 0 atom stereocenters. The number of carbonyl (C=O) groups is 3. The Hall–Kier alpha value is -3.76. The molecule has 0 radical (unpaired) electrons. The molecule has 9 nitrogen and oxygen atoms in total. The quantitative estimate of drug-likeness (QED) is 0.363. The first-order valence-electron chi connectivity index (χ1n) is 9.64. The number of nitrogens with one attached hydrogen (secondary N) is 3. The molecule has 2 aromatic carbocycles. The van der Waals surface area contributed by atoms with Gasteiger partial charge in [0.25, 0.3) is 11.8 Å². The minimum Gasteiger partial charge on any atom is -0.454 e. The Balaban J connectivity index is 1.34. The van der Waals surface area contributed by atoms with Crippen molar-refractivity contribution in [2.45, 2.75) is 5.03 Å². The number of anilines is 1. The van der Waals surface area contributed by atoms with Gasteiger partial charge >= 0.3 is 0 Å². The number of carbonyl (C=O) groups excluding carboxylic acids is 3. The SMILES string of the molecule is O=C(CSc1ncccc1C(=O)NNC(=O)c1ccccc1Cl)Nc1ccc2c(c1)OCO2. The van der Waals surface area contributed by atoms with E-state index in [1.54, 1.807) is 48.5 Å². The summed E-state index contributed by atoms with van der Waals surface area (Å²) in [5.74, 6) is -0.242. The summed E-state index contributed by atoms with van der Waals surface area (Å²) in [7, 11) is 0. The molecule has 1 aliphatic heterocycles. The van der Waals surface area contributed by atoms with Crippen molar-refractivity contribution in [1.29, 1.82) is 0 Å². The second-order valence-electron chi connectivity index (χ2n) is 6.65. The molecule has 0 unspecified atom stereocenters. The zero-order valence-electron chi connectivity index (χ0n) is 17.0. The van der Waals surface area contributed by atoms with Crippen LogP contribution in [0.2, 0.25) is 5.02 Å². The minimum absolute atomic E-state index is 0.0116. The van der Waals surface area contributed by atoms with Crippen LogP contribution in [0.4, 0.5) is 5.69 Å². The average Bonchev–Trinajstić information content (AvgIpc) is 3.29. The number of rotatable bonds is 6. The van der Waals surface area contributed by atoms with Crippen molar-refractivity contribution < 1.29 is 23.9 Å². The first kappa shape index (κ1) is 22.4. The van der Waals surface area contributed by atoms with E-state index < -0.39 is 11.8 Å². The van der Waals surface area contributed by atoms with Crippen LogP contribution in [-0.4, -0.2) is 35.3 Å². The van der Waals surface area contributed by atoms with Gasteiger partial charge in [0.05, 0.1) is 21.9 Å². The molecule has 0 saturated carbocycles. The highest BCUT2D eigenvalue weighted by Gasteiger charge is 2.17. The van der Waals surface area contributed by atoms with Gasteiger partial charge in [-0.2, -0.15) is 0 Å². The highest BCUT2D eigenvalue weighted by atomic mass is 35.5. The van der Waals surface area contributed by atoms with Crippen LogP contribution in [0, 0.1) is 0 Å². The number of ether oxygens (including phenoxy) is 2. The van der Waals surface area contributed by atoms with Crippen molar-refractivity contribution in [1.82, 2.24) is 15.8 Å². The maximum Gasteiger partial charge on any atom is 0.272 e. The molecule has 11 heteroatoms. The summed E-state index contributed by atoms with van der Waals surface area (Å²) >= 11 is 7.08. The van der Waals surface area contributed by atoms with Gasteiger partial charge in [-0.3, -0.25) is 25.2 Å². The average molecular weight is 485 g/mol. The fourth-order valence-electron chi connectivity index (χ4n) is 2.88. The van der Waals surface area contributed by atoms with Gasteiger partial charge in [0.15, 0.2) is 11.5 Å². The summed E-state index contributed by atoms with van der Waals surface area (Å²) in [5, 5.41) is 3.36. The molecule has 2 heterocycles. The van der Waals surface area contributed by atoms with Crippen LogP contribution >= 0.6 is 23.4 Å². The van der Waals surface area contributed by atoms with Gasteiger partial charge in [-0.1, -0.05) is 35.5 Å². The lowest BCUT2D eigenvalue weighted by Gasteiger charge is -2.11. The molecular weight excluding hydrogens is 468 g/mol. The minimum atomic E-state index is -0.581. The Kier molecular flexibility index (Phi) is 6.96. The van der Waals surface area contributed by atoms with Crippen LogP contribution < -0.4 is 25.6 Å². The maximum atomic E-state index is 12.6. The Bertz CT molecular complexity index is 1220. The molecule has 3 aromatic rings. The summed E-state index contributed by atoms with van der Waals surface area (Å²) in [5.41, 5.74) is 5.65. The Morgan fingerprint density at radius 2 is 1.67 bits per heavy atom. The second-order valence-corrected chi connectivity index (χ2v) is 8.02. The van der Waals surface area contributed by atoms with Crippen LogP contribution in [0.3, 0.4) is 0 Å². The van der Waals surface area contributed by atoms with E-state index >= 15 is 0 Å². The van der Waals surface area contributed by atoms with Crippen molar-refractivity contribution in [3.05, 3.63) is 76.9 Å². The molecule has 0 saturated heterocycles. The zero-order valence-corrected chi connectivity index (χ0v) is 18.5. The van der Waals surface area contributed by atoms with Crippen LogP contribution in [0.15, 0.2) is 65.8 Å². The topological polar surface area (TPSA) is 119 Å². The maximum absolute atomic E-state index is 12.6. The number of fused-ring (bicyclic) bond motifs is 1. The van der Waals surface area contributed by atoms with E-state index in [0.717, 1.165) is 11.8 Å². The molecule has 168 valence electrons. The van der Waals surface area contributed by atoms with Gasteiger partial charge in [-0.05, 0) is 36.4 Å². The fourth-order valence-corrected chi connectivity index (χ4v) is 3.89. The lowest BCUT2D eigenvalue weighted by Crippen LogP contribution is -2.42. The Morgan fingerprint density at radius 3 is 2.48 bits per heavy atom. The summed E-state index contributed by atoms with van der Waals surface area (Å²) in [6.45, 7) is 0.145. The molecule has 4 rings (SSSR count). The van der Waals surface area contributed by atoms with Crippen molar-refractivity contribution in [3.8, 4) is 11.5 Å². The van der Waals surface area contributed by atoms with Crippen molar-refractivity contribution in [2.75, 3.05) is 17.9 Å². The molecule has 33 heavy (non-hydrogen) atoms. The van der Waals surface area contributed by atoms with Crippen molar-refractivity contribution in [2.24, 2.45) is 0 Å². The van der Waals surface area contributed by atoms with Gasteiger partial charge in [0.1, 0.15) is 5.03 Å². The summed E-state index contributed by atoms with van der Waals surface area (Å²) in [6, 6.07) is 14.7. The van der Waals surface area contributed by atoms with Gasteiger partial charge in [0, 0.05) is 18.0 Å². The molecule has 0 fully saturated rings. The van der Waals surface area contributed by atoms with Crippen LogP contribution in [0.5, 0.6) is 11.5 Å². The molecule has 1 aliphatic rings. The number of hydrazine groups is 1. The van der Waals surface area contributed by atoms with Crippen molar-refractivity contribution >= 4 is 46.8 Å². The largest absolute Gasteiger partial charge is 0.454 e. The highest BCUT2D eigenvalue weighted by Crippen LogP contribution is 2.34. The second kappa shape index (κ2) is 10.2. The molecule has 3 N–H and O–H groups in total. The third-order valence-corrected chi connectivity index (χ3v) is 5.76. The highest BCUT2D eigenvalue weighted by molar-refractivity contribution is 8.00. The fraction of sp³-hybridized carbons (Fsp3) is 0.0909. The summed E-state index contributed by atoms with van der Waals surface area (Å²) in [4.78, 5) is 41.4. The number of benzene rings is 2. The van der Waals surface area contributed by atoms with E-state index in [4.69, 9.17) is 21.1 Å². The van der Waals surface area contributed by atoms with Crippen LogP contribution in [0.25, 0.3) is 0 Å². The van der Waals surface area contributed by atoms with Crippen LogP contribution in [0.1, 0.15) is 20.7 Å². The van der Waals surface area contributed by atoms with Gasteiger partial charge in [-0.25, -0.2) is 4.98 Å². The predicted molar refractivity (Wildman–Crippen MR) is 123 cm³/mol. The molecule has 0 bridgehead atoms. The van der Waals surface area contributed by atoms with Crippen LogP contribution in [-0.2, 0) is 4.79 Å². The monoisotopic (exact) mass is 484 g/mol. The summed E-state index contributed by atoms with van der Waals surface area (Å²) in [6.07, 6.45) is 1.51. The third kappa shape index (κ3) is 5.54. The number of hydrogen-bond acceptors (Lipinski definition) is 7. The standard InChI is InChI=1S/C22H17ClN4O5S/c23-16-6-2-1-4-14(16)20(29)26-27-21(30)15-5-3-9-24-22(15)33-11-19(28)25-13-7-8-17-18(10-13)32-12-31-17/h1-10H,11-12H2,(H,25,28)(H,26,29)(H,27,30). The Morgan fingerprint density at radius 1 is 0.939 bits per heavy atom. The molecule has 1 aromatic heterocycles. The number of nitrogens with zero attached hydrogens (tertiary/aromatic N) is 1. The van der Waals surface area contributed by atoms with E-state index in [0.29, 0.717) is 22.2 Å². The number of hydrogen-bond donors (Lipinski definition) is 3. The third-order valence-electron chi connectivity index (χ3n) is 4.42. The molecule has 3 amide bonds. The first-order valence-corrected chi connectivity index (χ1v) is 11.0. The molecule has 0 aliphatic carbocycles.